The molecular weight excluding hydrogens is 1280 g/mol. The zero-order valence-corrected chi connectivity index (χ0v) is 63.7. The van der Waals surface area contributed by atoms with Crippen LogP contribution in [0, 0.1) is 0 Å². The normalized spacial score (nSPS) is 14.4. The maximum absolute atomic E-state index is 13.1. The van der Waals surface area contributed by atoms with Crippen molar-refractivity contribution in [2.24, 2.45) is 0 Å². The first kappa shape index (κ1) is 94.2. The van der Waals surface area contributed by atoms with E-state index in [1.165, 1.54) is 83.5 Å². The van der Waals surface area contributed by atoms with Gasteiger partial charge in [0.1, 0.15) is 19.3 Å². The van der Waals surface area contributed by atoms with Crippen LogP contribution in [0.15, 0.2) is 85.1 Å². The van der Waals surface area contributed by atoms with Crippen LogP contribution >= 0.6 is 15.6 Å². The number of carbonyl (C=O) groups is 4. The number of carbonyl (C=O) groups excluding carboxylic acids is 4. The van der Waals surface area contributed by atoms with Crippen LogP contribution in [0.1, 0.15) is 336 Å². The molecule has 0 heterocycles. The summed E-state index contributed by atoms with van der Waals surface area (Å²) in [5.74, 6) is -2.19. The summed E-state index contributed by atoms with van der Waals surface area (Å²) in [6.07, 6.45) is 72.8. The van der Waals surface area contributed by atoms with E-state index >= 15 is 0 Å². The van der Waals surface area contributed by atoms with Crippen molar-refractivity contribution in [2.75, 3.05) is 39.6 Å². The molecule has 0 rings (SSSR count). The van der Waals surface area contributed by atoms with Gasteiger partial charge in [0.25, 0.3) is 0 Å². The third-order valence-electron chi connectivity index (χ3n) is 16.3. The van der Waals surface area contributed by atoms with Gasteiger partial charge in [-0.25, -0.2) is 9.13 Å². The predicted molar refractivity (Wildman–Crippen MR) is 399 cm³/mol. The first-order chi connectivity index (χ1) is 47.7. The monoisotopic (exact) mass is 1420 g/mol. The van der Waals surface area contributed by atoms with E-state index in [2.05, 4.69) is 113 Å². The Morgan fingerprint density at radius 3 is 0.857 bits per heavy atom. The topological polar surface area (TPSA) is 237 Å². The molecule has 0 aromatic heterocycles. The molecule has 0 aromatic rings. The fourth-order valence-electron chi connectivity index (χ4n) is 10.4. The largest absolute Gasteiger partial charge is 0.472 e. The van der Waals surface area contributed by atoms with E-state index in [0.29, 0.717) is 25.7 Å². The van der Waals surface area contributed by atoms with Crippen LogP contribution in [0.25, 0.3) is 0 Å². The van der Waals surface area contributed by atoms with Crippen LogP contribution in [-0.2, 0) is 65.4 Å². The number of aliphatic hydroxyl groups excluding tert-OH is 1. The molecule has 0 aliphatic carbocycles. The van der Waals surface area contributed by atoms with E-state index in [4.69, 9.17) is 37.0 Å². The summed E-state index contributed by atoms with van der Waals surface area (Å²) in [6, 6.07) is 0. The Morgan fingerprint density at radius 2 is 0.531 bits per heavy atom. The van der Waals surface area contributed by atoms with E-state index in [1.807, 2.05) is 0 Å². The Kier molecular flexibility index (Phi) is 68.9. The standard InChI is InChI=1S/C79H140O17P2/c1-5-9-13-17-21-25-29-32-34-35-36-37-39-42-45-48-52-56-60-64-77(82)89-69-74(95-78(83)65-61-57-53-49-43-28-24-20-16-12-8-4)71-93-97(85,86)91-67-73(80)68-92-98(87,88)94-72-75(96-79(84)66-62-58-54-50-46-40-31-27-23-19-15-11-7-3)70-90-76(81)63-59-55-51-47-44-41-38-33-30-26-22-18-14-10-6-2/h9,13,21-22,25-27,31-34,36-38,73-75,80H,5-8,10-12,14-20,23-24,28-30,35,39-72H2,1-4H3,(H,85,86)(H,87,88)/b13-9-,25-21-,26-22-,31-27-,34-32-,37-36-,38-33-. The van der Waals surface area contributed by atoms with E-state index < -0.39 is 97.5 Å². The fraction of sp³-hybridized carbons (Fsp3) is 0.772. The lowest BCUT2D eigenvalue weighted by molar-refractivity contribution is -0.161. The van der Waals surface area contributed by atoms with Gasteiger partial charge < -0.3 is 33.8 Å². The smallest absolute Gasteiger partial charge is 0.462 e. The molecule has 0 saturated heterocycles. The highest BCUT2D eigenvalue weighted by molar-refractivity contribution is 7.47. The van der Waals surface area contributed by atoms with Crippen LogP contribution in [0.2, 0.25) is 0 Å². The zero-order valence-electron chi connectivity index (χ0n) is 62.0. The van der Waals surface area contributed by atoms with Gasteiger partial charge in [0, 0.05) is 25.7 Å². The second-order valence-corrected chi connectivity index (χ2v) is 28.8. The second kappa shape index (κ2) is 71.6. The Morgan fingerprint density at radius 1 is 0.296 bits per heavy atom. The minimum Gasteiger partial charge on any atom is -0.462 e. The van der Waals surface area contributed by atoms with Crippen molar-refractivity contribution in [1.29, 1.82) is 0 Å². The Labute approximate surface area is 595 Å². The van der Waals surface area contributed by atoms with Crippen molar-refractivity contribution in [3.8, 4) is 0 Å². The average molecular weight is 1420 g/mol. The molecule has 0 radical (unpaired) electrons. The Hall–Kier alpha value is -3.76. The molecule has 17 nitrogen and oxygen atoms in total. The maximum Gasteiger partial charge on any atom is 0.472 e. The summed E-state index contributed by atoms with van der Waals surface area (Å²) in [4.78, 5) is 72.8. The van der Waals surface area contributed by atoms with Crippen molar-refractivity contribution in [3.05, 3.63) is 85.1 Å². The molecule has 5 atom stereocenters. The first-order valence-corrected chi connectivity index (χ1v) is 41.8. The number of hydrogen-bond donors (Lipinski definition) is 3. The number of aliphatic hydroxyl groups is 1. The molecule has 0 fully saturated rings. The van der Waals surface area contributed by atoms with Gasteiger partial charge in [-0.15, -0.1) is 0 Å². The number of allylic oxidation sites excluding steroid dienone is 14. The number of hydrogen-bond acceptors (Lipinski definition) is 15. The SMILES string of the molecule is CC/C=C\C/C=C\C/C=C\C/C=C\CCCCCCCCC(=O)OCC(COP(=O)(O)OCC(O)COP(=O)(O)OCC(COC(=O)CCCCCCC/C=C\C/C=C\CCCCC)OC(=O)CCCCCCC/C=C\CCCCCC)OC(=O)CCCCCCCCCCCCC. The molecule has 0 saturated carbocycles. The highest BCUT2D eigenvalue weighted by Crippen LogP contribution is 2.45. The summed E-state index contributed by atoms with van der Waals surface area (Å²) in [5.41, 5.74) is 0. The number of esters is 4. The highest BCUT2D eigenvalue weighted by atomic mass is 31.2. The predicted octanol–water partition coefficient (Wildman–Crippen LogP) is 22.2. The third-order valence-corrected chi connectivity index (χ3v) is 18.2. The summed E-state index contributed by atoms with van der Waals surface area (Å²) in [7, 11) is -9.95. The van der Waals surface area contributed by atoms with Crippen molar-refractivity contribution in [2.45, 2.75) is 354 Å². The van der Waals surface area contributed by atoms with Gasteiger partial charge >= 0.3 is 39.5 Å². The van der Waals surface area contributed by atoms with Crippen LogP contribution in [-0.4, -0.2) is 96.7 Å². The van der Waals surface area contributed by atoms with Crippen LogP contribution in [0.5, 0.6) is 0 Å². The third kappa shape index (κ3) is 70.7. The Balaban J connectivity index is 5.30. The van der Waals surface area contributed by atoms with Gasteiger partial charge in [-0.05, 0) is 122 Å². The first-order valence-electron chi connectivity index (χ1n) is 38.8. The minimum absolute atomic E-state index is 0.0839. The van der Waals surface area contributed by atoms with E-state index in [1.54, 1.807) is 0 Å². The molecule has 19 heteroatoms. The molecule has 0 aliphatic heterocycles. The summed E-state index contributed by atoms with van der Waals surface area (Å²) in [5, 5.41) is 10.6. The lowest BCUT2D eigenvalue weighted by Gasteiger charge is -2.21. The quantitative estimate of drug-likeness (QED) is 0.0169. The lowest BCUT2D eigenvalue weighted by atomic mass is 10.1. The number of phosphoric ester groups is 2. The number of unbranched alkanes of at least 4 members (excludes halogenated alkanes) is 33. The molecule has 0 aromatic carbocycles. The zero-order chi connectivity index (χ0) is 71.8. The van der Waals surface area contributed by atoms with Crippen LogP contribution < -0.4 is 0 Å². The molecule has 5 unspecified atom stereocenters. The van der Waals surface area contributed by atoms with Gasteiger partial charge in [-0.1, -0.05) is 273 Å². The van der Waals surface area contributed by atoms with Crippen molar-refractivity contribution < 1.29 is 80.2 Å². The van der Waals surface area contributed by atoms with Crippen molar-refractivity contribution in [3.63, 3.8) is 0 Å². The highest BCUT2D eigenvalue weighted by Gasteiger charge is 2.30. The molecule has 0 amide bonds. The minimum atomic E-state index is -4.97. The molecule has 0 aliphatic rings. The van der Waals surface area contributed by atoms with Crippen LogP contribution in [0.4, 0.5) is 0 Å². The summed E-state index contributed by atoms with van der Waals surface area (Å²) in [6.45, 7) is 4.71. The number of phosphoric acid groups is 2. The molecule has 0 bridgehead atoms. The molecule has 3 N–H and O–H groups in total. The van der Waals surface area contributed by atoms with Crippen molar-refractivity contribution in [1.82, 2.24) is 0 Å². The van der Waals surface area contributed by atoms with E-state index in [-0.39, 0.29) is 25.7 Å². The second-order valence-electron chi connectivity index (χ2n) is 25.9. The molecule has 98 heavy (non-hydrogen) atoms. The van der Waals surface area contributed by atoms with Crippen molar-refractivity contribution >= 4 is 39.5 Å². The van der Waals surface area contributed by atoms with E-state index in [0.717, 1.165) is 173 Å². The van der Waals surface area contributed by atoms with Gasteiger partial charge in [-0.3, -0.25) is 37.3 Å². The molecule has 0 spiro atoms. The number of rotatable bonds is 73. The van der Waals surface area contributed by atoms with Gasteiger partial charge in [-0.2, -0.15) is 0 Å². The summed E-state index contributed by atoms with van der Waals surface area (Å²) < 4.78 is 68.5. The fourth-order valence-corrected chi connectivity index (χ4v) is 12.0. The lowest BCUT2D eigenvalue weighted by Crippen LogP contribution is -2.30. The molecular formula is C79H140O17P2. The van der Waals surface area contributed by atoms with Gasteiger partial charge in [0.2, 0.25) is 0 Å². The number of ether oxygens (including phenoxy) is 4. The summed E-state index contributed by atoms with van der Waals surface area (Å²) >= 11 is 0. The Bertz CT molecular complexity index is 2190. The van der Waals surface area contributed by atoms with E-state index in [9.17, 15) is 43.2 Å². The van der Waals surface area contributed by atoms with Crippen LogP contribution in [0.3, 0.4) is 0 Å². The average Bonchev–Trinajstić information content (AvgIpc) is 1.00. The maximum atomic E-state index is 13.1. The van der Waals surface area contributed by atoms with Gasteiger partial charge in [0.15, 0.2) is 12.2 Å². The van der Waals surface area contributed by atoms with Gasteiger partial charge in [0.05, 0.1) is 26.4 Å². The molecule has 568 valence electrons.